The summed E-state index contributed by atoms with van der Waals surface area (Å²) in [7, 11) is 0. The highest BCUT2D eigenvalue weighted by molar-refractivity contribution is 5.73. The van der Waals surface area contributed by atoms with Crippen molar-refractivity contribution in [2.45, 2.75) is 90.6 Å². The lowest BCUT2D eigenvalue weighted by molar-refractivity contribution is -0.718. The molecule has 3 aromatic rings. The van der Waals surface area contributed by atoms with E-state index in [9.17, 15) is 0 Å². The highest BCUT2D eigenvalue weighted by Gasteiger charge is 2.42. The molecule has 0 saturated carbocycles. The number of fused-ring (bicyclic) bond motifs is 3. The molecule has 0 fully saturated rings. The number of benzene rings is 2. The van der Waals surface area contributed by atoms with Crippen molar-refractivity contribution >= 4 is 5.70 Å². The third kappa shape index (κ3) is 6.99. The Hall–Kier alpha value is -4.11. The molecule has 1 aliphatic rings. The van der Waals surface area contributed by atoms with E-state index in [1.807, 2.05) is 13.0 Å². The van der Waals surface area contributed by atoms with Gasteiger partial charge in [0.25, 0.3) is 0 Å². The van der Waals surface area contributed by atoms with Crippen LogP contribution >= 0.6 is 0 Å². The molecule has 2 aromatic carbocycles. The second kappa shape index (κ2) is 14.1. The summed E-state index contributed by atoms with van der Waals surface area (Å²) in [4.78, 5) is 0. The van der Waals surface area contributed by atoms with Crippen molar-refractivity contribution in [3.8, 4) is 11.3 Å². The van der Waals surface area contributed by atoms with E-state index in [-0.39, 0.29) is 17.5 Å². The average Bonchev–Trinajstić information content (AvgIpc) is 2.98. The third-order valence-electron chi connectivity index (χ3n) is 8.79. The number of rotatable bonds is 13. The van der Waals surface area contributed by atoms with Crippen LogP contribution in [0.2, 0.25) is 0 Å². The summed E-state index contributed by atoms with van der Waals surface area (Å²) in [6.07, 6.45) is 12.6. The van der Waals surface area contributed by atoms with Crippen LogP contribution in [0, 0.1) is 0 Å². The van der Waals surface area contributed by atoms with Crippen molar-refractivity contribution < 1.29 is 4.57 Å². The van der Waals surface area contributed by atoms with Gasteiger partial charge in [0.05, 0.1) is 17.0 Å². The summed E-state index contributed by atoms with van der Waals surface area (Å²) < 4.78 is 2.46. The number of nitrogens with one attached hydrogen (secondary N) is 2. The lowest BCUT2D eigenvalue weighted by atomic mass is 9.77. The van der Waals surface area contributed by atoms with E-state index in [1.165, 1.54) is 33.5 Å². The molecule has 1 aromatic heterocycles. The quantitative estimate of drug-likeness (QED) is 0.118. The van der Waals surface area contributed by atoms with Crippen LogP contribution in [0.3, 0.4) is 0 Å². The smallest absolute Gasteiger partial charge is 0.213 e. The van der Waals surface area contributed by atoms with Crippen molar-refractivity contribution in [2.75, 3.05) is 0 Å². The maximum atomic E-state index is 4.55. The zero-order valence-electron chi connectivity index (χ0n) is 28.0. The molecule has 3 unspecified atom stereocenters. The SMILES string of the molecule is C=C/C=C(\NC(C)(/C=C\C)CCC1C(C(=C)NC(=C)C)c2ccccc2-c2cccc[n+]21)c1c(C(C)C)cccc1C(C)C. The highest BCUT2D eigenvalue weighted by Crippen LogP contribution is 2.44. The second-order valence-corrected chi connectivity index (χ2v) is 13.1. The topological polar surface area (TPSA) is 27.9 Å². The van der Waals surface area contributed by atoms with E-state index in [0.29, 0.717) is 11.8 Å². The first-order valence-corrected chi connectivity index (χ1v) is 16.1. The van der Waals surface area contributed by atoms with Crippen molar-refractivity contribution in [3.63, 3.8) is 0 Å². The van der Waals surface area contributed by atoms with Gasteiger partial charge in [0.1, 0.15) is 0 Å². The molecule has 0 aliphatic carbocycles. The Kier molecular flexibility index (Phi) is 10.5. The van der Waals surface area contributed by atoms with Crippen LogP contribution in [0.5, 0.6) is 0 Å². The maximum Gasteiger partial charge on any atom is 0.213 e. The number of aromatic nitrogens is 1. The van der Waals surface area contributed by atoms with Crippen LogP contribution in [0.15, 0.2) is 122 Å². The Labute approximate surface area is 266 Å². The zero-order chi connectivity index (χ0) is 32.0. The Morgan fingerprint density at radius 2 is 1.61 bits per heavy atom. The van der Waals surface area contributed by atoms with E-state index >= 15 is 0 Å². The van der Waals surface area contributed by atoms with Gasteiger partial charge in [-0.05, 0) is 73.9 Å². The van der Waals surface area contributed by atoms with Gasteiger partial charge in [-0.3, -0.25) is 0 Å². The number of nitrogens with zero attached hydrogens (tertiary/aromatic N) is 1. The molecule has 0 saturated heterocycles. The Morgan fingerprint density at radius 3 is 2.23 bits per heavy atom. The molecule has 2 heterocycles. The molecule has 0 bridgehead atoms. The molecule has 0 amide bonds. The fourth-order valence-corrected chi connectivity index (χ4v) is 6.90. The lowest BCUT2D eigenvalue weighted by Gasteiger charge is -2.36. The van der Waals surface area contributed by atoms with E-state index in [4.69, 9.17) is 0 Å². The van der Waals surface area contributed by atoms with Crippen molar-refractivity contribution in [2.24, 2.45) is 0 Å². The Bertz CT molecular complexity index is 1540. The maximum absolute atomic E-state index is 4.55. The summed E-state index contributed by atoms with van der Waals surface area (Å²) in [5, 5.41) is 7.53. The van der Waals surface area contributed by atoms with Crippen LogP contribution < -0.4 is 15.2 Å². The first-order chi connectivity index (χ1) is 21.0. The van der Waals surface area contributed by atoms with Gasteiger partial charge in [-0.2, -0.15) is 4.57 Å². The van der Waals surface area contributed by atoms with E-state index in [1.54, 1.807) is 0 Å². The Balaban J connectivity index is 1.77. The van der Waals surface area contributed by atoms with Gasteiger partial charge < -0.3 is 10.6 Å². The van der Waals surface area contributed by atoms with Crippen LogP contribution in [-0.4, -0.2) is 5.54 Å². The number of hydrogen-bond donors (Lipinski definition) is 2. The minimum Gasteiger partial charge on any atom is -0.376 e. The van der Waals surface area contributed by atoms with Crippen molar-refractivity contribution in [1.29, 1.82) is 0 Å². The van der Waals surface area contributed by atoms with Gasteiger partial charge in [-0.1, -0.05) is 102 Å². The number of hydrogen-bond acceptors (Lipinski definition) is 2. The van der Waals surface area contributed by atoms with Gasteiger partial charge >= 0.3 is 0 Å². The zero-order valence-corrected chi connectivity index (χ0v) is 28.0. The average molecular weight is 587 g/mol. The van der Waals surface area contributed by atoms with Gasteiger partial charge in [0, 0.05) is 41.2 Å². The van der Waals surface area contributed by atoms with E-state index in [0.717, 1.165) is 29.9 Å². The van der Waals surface area contributed by atoms with E-state index in [2.05, 4.69) is 162 Å². The monoisotopic (exact) mass is 586 g/mol. The molecule has 44 heavy (non-hydrogen) atoms. The van der Waals surface area contributed by atoms with Crippen LogP contribution in [0.1, 0.15) is 107 Å². The first kappa shape index (κ1) is 32.8. The molecule has 3 atom stereocenters. The molecular formula is C41H52N3+. The normalized spacial score (nSPS) is 17.6. The summed E-state index contributed by atoms with van der Waals surface area (Å²) in [5.41, 5.74) is 10.5. The predicted octanol–water partition coefficient (Wildman–Crippen LogP) is 10.1. The van der Waals surface area contributed by atoms with Crippen LogP contribution in [-0.2, 0) is 0 Å². The second-order valence-electron chi connectivity index (χ2n) is 13.1. The standard InChI is InChI=1S/C41H52N3/c1-11-18-36(40-32(28(3)4)21-17-22-33(40)29(5)6)43-41(10,25-12-2)26-24-38-39(31(9)42-30(7)8)35-20-14-13-19-34(35)37-23-15-16-27-44(37)38/h11-23,25,27-29,38-39,42-43H,1,7,9,24,26H2,2-6,8,10H3/q+1/b25-12-,36-18-. The van der Waals surface area contributed by atoms with Crippen molar-refractivity contribution in [1.82, 2.24) is 10.6 Å². The molecule has 230 valence electrons. The Morgan fingerprint density at radius 1 is 0.955 bits per heavy atom. The fraction of sp³-hybridized carbons (Fsp3) is 0.341. The lowest BCUT2D eigenvalue weighted by Crippen LogP contribution is -2.50. The number of allylic oxidation sites excluding steroid dienone is 5. The molecular weight excluding hydrogens is 534 g/mol. The van der Waals surface area contributed by atoms with Gasteiger partial charge in [-0.15, -0.1) is 0 Å². The molecule has 2 N–H and O–H groups in total. The van der Waals surface area contributed by atoms with Gasteiger partial charge in [-0.25, -0.2) is 0 Å². The molecule has 4 rings (SSSR count). The van der Waals surface area contributed by atoms with Gasteiger partial charge in [0.15, 0.2) is 12.2 Å². The van der Waals surface area contributed by atoms with Crippen molar-refractivity contribution in [3.05, 3.63) is 145 Å². The minimum absolute atomic E-state index is 0.0926. The highest BCUT2D eigenvalue weighted by atomic mass is 15.0. The predicted molar refractivity (Wildman–Crippen MR) is 189 cm³/mol. The van der Waals surface area contributed by atoms with Crippen LogP contribution in [0.4, 0.5) is 0 Å². The summed E-state index contributed by atoms with van der Waals surface area (Å²) >= 11 is 0. The first-order valence-electron chi connectivity index (χ1n) is 16.1. The van der Waals surface area contributed by atoms with Gasteiger partial charge in [0.2, 0.25) is 5.69 Å². The molecule has 0 spiro atoms. The molecule has 0 radical (unpaired) electrons. The molecule has 3 heteroatoms. The molecule has 1 aliphatic heterocycles. The largest absolute Gasteiger partial charge is 0.376 e. The summed E-state index contributed by atoms with van der Waals surface area (Å²) in [6.45, 7) is 28.3. The molecule has 3 nitrogen and oxygen atoms in total. The third-order valence-corrected chi connectivity index (χ3v) is 8.79. The summed E-state index contributed by atoms with van der Waals surface area (Å²) in [6, 6.07) is 22.2. The minimum atomic E-state index is -0.304. The fourth-order valence-electron chi connectivity index (χ4n) is 6.90. The van der Waals surface area contributed by atoms with E-state index < -0.39 is 0 Å². The number of pyridine rings is 1. The van der Waals surface area contributed by atoms with Crippen LogP contribution in [0.25, 0.3) is 17.0 Å². The summed E-state index contributed by atoms with van der Waals surface area (Å²) in [5.74, 6) is 0.888.